The molecule has 0 aromatic heterocycles. The second-order valence-corrected chi connectivity index (χ2v) is 8.39. The van der Waals surface area contributed by atoms with Gasteiger partial charge in [0.15, 0.2) is 56.3 Å². The number of rotatable bonds is 4. The van der Waals surface area contributed by atoms with Gasteiger partial charge < -0.3 is 0 Å². The largest absolute Gasteiger partial charge is 0.259 e. The summed E-state index contributed by atoms with van der Waals surface area (Å²) in [6, 6.07) is 0. The normalized spacial score (nSPS) is 12.5. The topological polar surface area (TPSA) is 80.3 Å². The molecule has 1 N–H and O–H groups in total. The van der Waals surface area contributed by atoms with E-state index in [0.717, 1.165) is 0 Å². The number of sulfonamides is 2. The summed E-state index contributed by atoms with van der Waals surface area (Å²) in [6.45, 7) is 0. The number of nitrogens with one attached hydrogen (secondary N) is 1. The zero-order valence-corrected chi connectivity index (χ0v) is 14.4. The van der Waals surface area contributed by atoms with Crippen LogP contribution in [0.25, 0.3) is 0 Å². The predicted octanol–water partition coefficient (Wildman–Crippen LogP) is 2.74. The summed E-state index contributed by atoms with van der Waals surface area (Å²) in [5, 5.41) is 0. The first-order valence-electron chi connectivity index (χ1n) is 6.37. The van der Waals surface area contributed by atoms with E-state index in [0.29, 0.717) is 0 Å². The highest BCUT2D eigenvalue weighted by Crippen LogP contribution is 2.30. The molecular weight excluding hydrogens is 476 g/mol. The van der Waals surface area contributed by atoms with Crippen molar-refractivity contribution in [1.82, 2.24) is 4.13 Å². The van der Waals surface area contributed by atoms with Crippen LogP contribution in [-0.2, 0) is 20.0 Å². The third-order valence-corrected chi connectivity index (χ3v) is 6.64. The molecule has 160 valence electrons. The van der Waals surface area contributed by atoms with Crippen LogP contribution in [0.2, 0.25) is 0 Å². The molecule has 0 heterocycles. The van der Waals surface area contributed by atoms with Crippen molar-refractivity contribution in [2.45, 2.75) is 9.79 Å². The molecule has 0 aliphatic carbocycles. The minimum Gasteiger partial charge on any atom is -0.206 e. The van der Waals surface area contributed by atoms with Crippen LogP contribution in [0, 0.1) is 58.2 Å². The first-order valence-corrected chi connectivity index (χ1v) is 9.34. The van der Waals surface area contributed by atoms with Crippen LogP contribution < -0.4 is 4.13 Å². The number of halogens is 10. The third-order valence-electron chi connectivity index (χ3n) is 3.10. The lowest BCUT2D eigenvalue weighted by Gasteiger charge is -2.12. The van der Waals surface area contributed by atoms with Gasteiger partial charge in [-0.1, -0.05) is 0 Å². The molecule has 0 aliphatic rings. The van der Waals surface area contributed by atoms with Crippen LogP contribution in [0.3, 0.4) is 0 Å². The van der Waals surface area contributed by atoms with Crippen molar-refractivity contribution >= 4 is 20.0 Å². The van der Waals surface area contributed by atoms with Crippen molar-refractivity contribution in [3.8, 4) is 0 Å². The molecule has 0 saturated carbocycles. The highest BCUT2D eigenvalue weighted by molar-refractivity contribution is 8.04. The average molecular weight is 477 g/mol. The highest BCUT2D eigenvalue weighted by Gasteiger charge is 2.40. The zero-order chi connectivity index (χ0) is 22.6. The first kappa shape index (κ1) is 22.9. The molecule has 0 spiro atoms. The van der Waals surface area contributed by atoms with E-state index >= 15 is 0 Å². The second kappa shape index (κ2) is 7.13. The van der Waals surface area contributed by atoms with Crippen LogP contribution in [0.4, 0.5) is 43.9 Å². The Labute approximate surface area is 153 Å². The Morgan fingerprint density at radius 1 is 0.379 bits per heavy atom. The predicted molar refractivity (Wildman–Crippen MR) is 70.0 cm³/mol. The first-order chi connectivity index (χ1) is 13.1. The van der Waals surface area contributed by atoms with E-state index in [1.807, 2.05) is 0 Å². The molecule has 0 fully saturated rings. The quantitative estimate of drug-likeness (QED) is 0.418. The maximum absolute atomic E-state index is 13.6. The van der Waals surface area contributed by atoms with E-state index < -0.39 is 88.0 Å². The molecule has 0 bridgehead atoms. The Morgan fingerprint density at radius 3 is 0.759 bits per heavy atom. The zero-order valence-electron chi connectivity index (χ0n) is 12.7. The fraction of sp³-hybridized carbons (Fsp3) is 0. The number of hydrogen-bond acceptors (Lipinski definition) is 4. The van der Waals surface area contributed by atoms with Gasteiger partial charge in [0.2, 0.25) is 11.6 Å². The van der Waals surface area contributed by atoms with Crippen LogP contribution >= 0.6 is 0 Å². The summed E-state index contributed by atoms with van der Waals surface area (Å²) in [7, 11) is -12.7. The summed E-state index contributed by atoms with van der Waals surface area (Å²) in [6.07, 6.45) is 0. The van der Waals surface area contributed by atoms with E-state index in [1.165, 1.54) is 0 Å². The van der Waals surface area contributed by atoms with Crippen molar-refractivity contribution in [3.63, 3.8) is 0 Å². The van der Waals surface area contributed by atoms with Crippen molar-refractivity contribution < 1.29 is 60.7 Å². The van der Waals surface area contributed by atoms with Crippen LogP contribution in [0.15, 0.2) is 9.79 Å². The summed E-state index contributed by atoms with van der Waals surface area (Å²) < 4.78 is 180. The van der Waals surface area contributed by atoms with Crippen molar-refractivity contribution in [1.29, 1.82) is 0 Å². The van der Waals surface area contributed by atoms with E-state index in [9.17, 15) is 60.7 Å². The SMILES string of the molecule is O=S(=O)(NS(=O)(=O)c1c(F)c(F)c(F)c(F)c1F)c1c(F)c(F)c(F)c(F)c1F. The number of benzene rings is 2. The molecular formula is C12HF10NO4S2. The lowest BCUT2D eigenvalue weighted by atomic mass is 10.3. The van der Waals surface area contributed by atoms with Gasteiger partial charge in [0, 0.05) is 0 Å². The number of hydrogen-bond donors (Lipinski definition) is 1. The van der Waals surface area contributed by atoms with E-state index in [4.69, 9.17) is 0 Å². The van der Waals surface area contributed by atoms with Gasteiger partial charge in [-0.25, -0.2) is 60.7 Å². The molecule has 2 aromatic carbocycles. The molecule has 5 nitrogen and oxygen atoms in total. The monoisotopic (exact) mass is 477 g/mol. The molecule has 0 radical (unpaired) electrons. The van der Waals surface area contributed by atoms with Gasteiger partial charge in [-0.15, -0.1) is 4.13 Å². The van der Waals surface area contributed by atoms with Gasteiger partial charge >= 0.3 is 0 Å². The van der Waals surface area contributed by atoms with E-state index in [-0.39, 0.29) is 4.13 Å². The molecule has 2 rings (SSSR count). The minimum absolute atomic E-state index is 0.149. The Morgan fingerprint density at radius 2 is 0.552 bits per heavy atom. The van der Waals surface area contributed by atoms with Gasteiger partial charge in [0.25, 0.3) is 20.0 Å². The van der Waals surface area contributed by atoms with Gasteiger partial charge in [-0.3, -0.25) is 0 Å². The second-order valence-electron chi connectivity index (χ2n) is 4.89. The van der Waals surface area contributed by atoms with E-state index in [1.54, 1.807) is 0 Å². The smallest absolute Gasteiger partial charge is 0.206 e. The minimum atomic E-state index is -6.37. The van der Waals surface area contributed by atoms with Crippen molar-refractivity contribution in [2.75, 3.05) is 0 Å². The van der Waals surface area contributed by atoms with Crippen molar-refractivity contribution in [2.24, 2.45) is 0 Å². The summed E-state index contributed by atoms with van der Waals surface area (Å²) in [4.78, 5) is -5.58. The molecule has 29 heavy (non-hydrogen) atoms. The van der Waals surface area contributed by atoms with Crippen LogP contribution in [0.5, 0.6) is 0 Å². The third kappa shape index (κ3) is 3.52. The van der Waals surface area contributed by atoms with Crippen molar-refractivity contribution in [3.05, 3.63) is 58.2 Å². The van der Waals surface area contributed by atoms with Gasteiger partial charge in [-0.2, -0.15) is 0 Å². The molecule has 0 atom stereocenters. The summed E-state index contributed by atoms with van der Waals surface area (Å²) >= 11 is 0. The molecule has 0 aliphatic heterocycles. The standard InChI is InChI=1S/C12HF10NO4S2/c13-1-3(15)7(19)11(8(20)4(1)16)28(24,25)23-29(26,27)12-9(21)5(17)2(14)6(18)10(12)22/h23H. The van der Waals surface area contributed by atoms with Crippen LogP contribution in [0.1, 0.15) is 0 Å². The molecule has 0 unspecified atom stereocenters. The lowest BCUT2D eigenvalue weighted by Crippen LogP contribution is -2.34. The summed E-state index contributed by atoms with van der Waals surface area (Å²) in [5.74, 6) is -29.3. The molecule has 17 heteroatoms. The maximum Gasteiger partial charge on any atom is 0.259 e. The van der Waals surface area contributed by atoms with Gasteiger partial charge in [0.05, 0.1) is 0 Å². The Bertz CT molecular complexity index is 1100. The highest BCUT2D eigenvalue weighted by atomic mass is 32.3. The lowest BCUT2D eigenvalue weighted by molar-refractivity contribution is 0.356. The fourth-order valence-electron chi connectivity index (χ4n) is 1.87. The molecule has 2 aromatic rings. The van der Waals surface area contributed by atoms with E-state index in [2.05, 4.69) is 0 Å². The molecule has 0 amide bonds. The average Bonchev–Trinajstić information content (AvgIpc) is 2.60. The van der Waals surface area contributed by atoms with Gasteiger partial charge in [-0.05, 0) is 0 Å². The molecule has 0 saturated heterocycles. The Balaban J connectivity index is 2.76. The Kier molecular flexibility index (Phi) is 5.63. The maximum atomic E-state index is 13.6. The Hall–Kier alpha value is -2.40. The summed E-state index contributed by atoms with van der Waals surface area (Å²) in [5.41, 5.74) is 0. The van der Waals surface area contributed by atoms with Gasteiger partial charge in [0.1, 0.15) is 0 Å². The van der Waals surface area contributed by atoms with Crippen LogP contribution in [-0.4, -0.2) is 16.8 Å². The fourth-order valence-corrected chi connectivity index (χ4v) is 4.99.